The molecule has 0 spiro atoms. The summed E-state index contributed by atoms with van der Waals surface area (Å²) >= 11 is 2.06. The first-order valence-electron chi connectivity index (χ1n) is 10.6. The summed E-state index contributed by atoms with van der Waals surface area (Å²) in [6, 6.07) is 0. The van der Waals surface area contributed by atoms with Gasteiger partial charge >= 0.3 is 0 Å². The van der Waals surface area contributed by atoms with E-state index < -0.39 is 0 Å². The number of nitrogens with zero attached hydrogens (tertiary/aromatic N) is 3. The van der Waals surface area contributed by atoms with Gasteiger partial charge in [-0.25, -0.2) is 4.99 Å². The maximum atomic E-state index is 5.57. The lowest BCUT2D eigenvalue weighted by Crippen LogP contribution is -2.60. The van der Waals surface area contributed by atoms with Crippen molar-refractivity contribution in [2.24, 2.45) is 4.99 Å². The number of thioether (sulfide) groups is 1. The van der Waals surface area contributed by atoms with E-state index in [2.05, 4.69) is 53.2 Å². The molecule has 3 rings (SSSR count). The average molecular weight is 538 g/mol. The number of hydrogen-bond donors (Lipinski definition) is 2. The molecule has 7 nitrogen and oxygen atoms in total. The molecule has 3 heterocycles. The number of morpholine rings is 1. The van der Waals surface area contributed by atoms with Gasteiger partial charge < -0.3 is 19.9 Å². The molecular formula is C20H36IN5O2S. The number of hydrogen-bond acceptors (Lipinski definition) is 6. The van der Waals surface area contributed by atoms with E-state index in [1.807, 2.05) is 0 Å². The van der Waals surface area contributed by atoms with Gasteiger partial charge in [0.2, 0.25) is 0 Å². The van der Waals surface area contributed by atoms with Gasteiger partial charge in [0.25, 0.3) is 0 Å². The fourth-order valence-corrected chi connectivity index (χ4v) is 5.48. The summed E-state index contributed by atoms with van der Waals surface area (Å²) in [5, 5.41) is 11.2. The summed E-state index contributed by atoms with van der Waals surface area (Å²) < 4.78 is 11.1. The summed E-state index contributed by atoms with van der Waals surface area (Å²) in [6.45, 7) is 12.4. The van der Waals surface area contributed by atoms with Gasteiger partial charge in [-0.05, 0) is 25.5 Å². The molecule has 2 N–H and O–H groups in total. The predicted molar refractivity (Wildman–Crippen MR) is 131 cm³/mol. The lowest BCUT2D eigenvalue weighted by molar-refractivity contribution is -0.0120. The normalized spacial score (nSPS) is 23.1. The maximum Gasteiger partial charge on any atom is 0.191 e. The number of rotatable bonds is 8. The minimum Gasteiger partial charge on any atom is -0.379 e. The Bertz CT molecular complexity index is 621. The van der Waals surface area contributed by atoms with Crippen molar-refractivity contribution in [1.29, 1.82) is 0 Å². The highest BCUT2D eigenvalue weighted by molar-refractivity contribution is 14.0. The molecule has 0 amide bonds. The van der Waals surface area contributed by atoms with E-state index in [-0.39, 0.29) is 29.5 Å². The molecule has 0 bridgehead atoms. The lowest BCUT2D eigenvalue weighted by atomic mass is 9.95. The van der Waals surface area contributed by atoms with Gasteiger partial charge in [0.05, 0.1) is 25.5 Å². The monoisotopic (exact) mass is 537 g/mol. The number of aliphatic imine (C=N–C) groups is 1. The van der Waals surface area contributed by atoms with Crippen LogP contribution in [0.3, 0.4) is 0 Å². The topological polar surface area (TPSA) is 74.9 Å². The van der Waals surface area contributed by atoms with E-state index in [1.54, 1.807) is 0 Å². The summed E-state index contributed by atoms with van der Waals surface area (Å²) in [5.74, 6) is 4.23. The van der Waals surface area contributed by atoms with Gasteiger partial charge in [-0.15, -0.1) is 24.0 Å². The van der Waals surface area contributed by atoms with Crippen molar-refractivity contribution < 1.29 is 9.26 Å². The van der Waals surface area contributed by atoms with Gasteiger partial charge in [-0.3, -0.25) is 4.90 Å². The Morgan fingerprint density at radius 3 is 2.62 bits per heavy atom. The smallest absolute Gasteiger partial charge is 0.191 e. The molecule has 9 heteroatoms. The highest BCUT2D eigenvalue weighted by atomic mass is 127. The quantitative estimate of drug-likeness (QED) is 0.300. The van der Waals surface area contributed by atoms with E-state index in [9.17, 15) is 0 Å². The Hall–Kier alpha value is -0.520. The molecule has 2 aliphatic rings. The zero-order valence-corrected chi connectivity index (χ0v) is 21.1. The van der Waals surface area contributed by atoms with Crippen molar-refractivity contribution in [3.05, 3.63) is 17.0 Å². The van der Waals surface area contributed by atoms with Crippen LogP contribution in [0.5, 0.6) is 0 Å². The number of aryl methyl sites for hydroxylation is 2. The first kappa shape index (κ1) is 24.7. The molecule has 1 unspecified atom stereocenters. The third-order valence-corrected chi connectivity index (χ3v) is 6.93. The Balaban J connectivity index is 0.00000300. The van der Waals surface area contributed by atoms with E-state index in [1.165, 1.54) is 17.9 Å². The van der Waals surface area contributed by atoms with Crippen molar-refractivity contribution >= 4 is 41.7 Å². The Kier molecular flexibility index (Phi) is 10.5. The van der Waals surface area contributed by atoms with Crippen LogP contribution in [0, 0.1) is 0 Å². The van der Waals surface area contributed by atoms with E-state index in [4.69, 9.17) is 14.3 Å². The summed E-state index contributed by atoms with van der Waals surface area (Å²) in [5.41, 5.74) is 2.36. The molecule has 0 radical (unpaired) electrons. The van der Waals surface area contributed by atoms with Gasteiger partial charge in [-0.2, -0.15) is 11.8 Å². The minimum atomic E-state index is 0. The SMILES string of the molecule is CCNC(=NCc1c(CC)noc1CC)NCC1(N2CCOCC2)CCSC1.I. The van der Waals surface area contributed by atoms with Gasteiger partial charge in [-0.1, -0.05) is 19.0 Å². The number of nitrogens with one attached hydrogen (secondary N) is 2. The Morgan fingerprint density at radius 2 is 2.00 bits per heavy atom. The summed E-state index contributed by atoms with van der Waals surface area (Å²) in [6.07, 6.45) is 2.94. The minimum absolute atomic E-state index is 0. The molecule has 166 valence electrons. The largest absolute Gasteiger partial charge is 0.379 e. The van der Waals surface area contributed by atoms with Crippen molar-refractivity contribution in [2.75, 3.05) is 50.9 Å². The van der Waals surface area contributed by atoms with Crippen LogP contribution in [0.4, 0.5) is 0 Å². The highest BCUT2D eigenvalue weighted by Crippen LogP contribution is 2.33. The van der Waals surface area contributed by atoms with Gasteiger partial charge in [0, 0.05) is 49.5 Å². The van der Waals surface area contributed by atoms with Crippen LogP contribution < -0.4 is 10.6 Å². The molecule has 1 atom stereocenters. The zero-order chi connectivity index (χ0) is 19.8. The fraction of sp³-hybridized carbons (Fsp3) is 0.800. The van der Waals surface area contributed by atoms with Crippen molar-refractivity contribution in [2.45, 2.75) is 52.1 Å². The van der Waals surface area contributed by atoms with Crippen LogP contribution in [0.2, 0.25) is 0 Å². The van der Waals surface area contributed by atoms with Crippen LogP contribution in [-0.2, 0) is 24.1 Å². The molecule has 0 aromatic carbocycles. The van der Waals surface area contributed by atoms with Crippen molar-refractivity contribution in [3.8, 4) is 0 Å². The molecule has 0 aliphatic carbocycles. The zero-order valence-electron chi connectivity index (χ0n) is 18.0. The van der Waals surface area contributed by atoms with E-state index in [0.29, 0.717) is 6.54 Å². The average Bonchev–Trinajstić information content (AvgIpc) is 3.38. The summed E-state index contributed by atoms with van der Waals surface area (Å²) in [4.78, 5) is 7.48. The number of halogens is 1. The molecule has 2 fully saturated rings. The third kappa shape index (κ3) is 6.24. The maximum absolute atomic E-state index is 5.57. The van der Waals surface area contributed by atoms with Crippen molar-refractivity contribution in [1.82, 2.24) is 20.7 Å². The van der Waals surface area contributed by atoms with Gasteiger partial charge in [0.1, 0.15) is 5.76 Å². The Morgan fingerprint density at radius 1 is 1.21 bits per heavy atom. The number of guanidine groups is 1. The van der Waals surface area contributed by atoms with E-state index >= 15 is 0 Å². The second kappa shape index (κ2) is 12.4. The van der Waals surface area contributed by atoms with Crippen LogP contribution >= 0.6 is 35.7 Å². The van der Waals surface area contributed by atoms with Crippen LogP contribution in [0.1, 0.15) is 44.2 Å². The predicted octanol–water partition coefficient (Wildman–Crippen LogP) is 2.68. The van der Waals surface area contributed by atoms with Crippen LogP contribution in [0.15, 0.2) is 9.52 Å². The second-order valence-electron chi connectivity index (χ2n) is 7.41. The lowest BCUT2D eigenvalue weighted by Gasteiger charge is -2.43. The van der Waals surface area contributed by atoms with Crippen LogP contribution in [0.25, 0.3) is 0 Å². The fourth-order valence-electron chi connectivity index (χ4n) is 4.00. The number of ether oxygens (including phenoxy) is 1. The molecule has 29 heavy (non-hydrogen) atoms. The molecule has 1 aromatic heterocycles. The van der Waals surface area contributed by atoms with E-state index in [0.717, 1.165) is 75.2 Å². The molecular weight excluding hydrogens is 501 g/mol. The second-order valence-corrected chi connectivity index (χ2v) is 8.52. The molecule has 1 aromatic rings. The first-order valence-corrected chi connectivity index (χ1v) is 11.8. The first-order chi connectivity index (χ1) is 13.7. The third-order valence-electron chi connectivity index (χ3n) is 5.70. The summed E-state index contributed by atoms with van der Waals surface area (Å²) in [7, 11) is 0. The standard InChI is InChI=1S/C20H35N5O2S.HI/c1-4-17-16(18(5-2)27-24-17)13-22-19(21-6-3)23-14-20(7-12-28-15-20)25-8-10-26-11-9-25;/h4-15H2,1-3H3,(H2,21,22,23);1H. The van der Waals surface area contributed by atoms with Crippen LogP contribution in [-0.4, -0.2) is 72.5 Å². The molecule has 2 aliphatic heterocycles. The molecule has 0 saturated carbocycles. The highest BCUT2D eigenvalue weighted by Gasteiger charge is 2.40. The van der Waals surface area contributed by atoms with Gasteiger partial charge in [0.15, 0.2) is 5.96 Å². The van der Waals surface area contributed by atoms with Crippen molar-refractivity contribution in [3.63, 3.8) is 0 Å². The Labute approximate surface area is 196 Å². The molecule has 2 saturated heterocycles. The number of aromatic nitrogens is 1.